The number of rotatable bonds is 7. The summed E-state index contributed by atoms with van der Waals surface area (Å²) in [7, 11) is 0. The summed E-state index contributed by atoms with van der Waals surface area (Å²) in [5.41, 5.74) is 2.13. The Morgan fingerprint density at radius 1 is 0.951 bits per heavy atom. The summed E-state index contributed by atoms with van der Waals surface area (Å²) in [6.07, 6.45) is 6.01. The number of amides is 1. The summed E-state index contributed by atoms with van der Waals surface area (Å²) in [6, 6.07) is 24.0. The van der Waals surface area contributed by atoms with Crippen molar-refractivity contribution in [2.75, 3.05) is 11.9 Å². The smallest absolute Gasteiger partial charge is 0.238 e. The van der Waals surface area contributed by atoms with E-state index in [1.165, 1.54) is 6.26 Å². The third-order valence-corrected chi connectivity index (χ3v) is 8.50. The molecule has 1 aromatic heterocycles. The lowest BCUT2D eigenvalue weighted by molar-refractivity contribution is -0.122. The van der Waals surface area contributed by atoms with Gasteiger partial charge < -0.3 is 19.4 Å². The average Bonchev–Trinajstić information content (AvgIpc) is 3.72. The lowest BCUT2D eigenvalue weighted by Crippen LogP contribution is -2.49. The zero-order valence-corrected chi connectivity index (χ0v) is 22.4. The van der Waals surface area contributed by atoms with Crippen molar-refractivity contribution in [2.24, 2.45) is 5.92 Å². The predicted octanol–water partition coefficient (Wildman–Crippen LogP) is 6.05. The minimum atomic E-state index is -1.40. The third kappa shape index (κ3) is 3.55. The molecule has 3 aliphatic heterocycles. The molecule has 0 radical (unpaired) electrons. The number of nitrogens with one attached hydrogen (secondary N) is 1. The van der Waals surface area contributed by atoms with E-state index in [0.717, 1.165) is 17.5 Å². The summed E-state index contributed by atoms with van der Waals surface area (Å²) < 4.78 is 11.6. The van der Waals surface area contributed by atoms with Gasteiger partial charge in [-0.05, 0) is 59.5 Å². The van der Waals surface area contributed by atoms with Gasteiger partial charge in [0.1, 0.15) is 17.2 Å². The zero-order chi connectivity index (χ0) is 28.1. The van der Waals surface area contributed by atoms with Gasteiger partial charge >= 0.3 is 0 Å². The molecule has 1 saturated heterocycles. The molecule has 0 unspecified atom stereocenters. The minimum Gasteiger partial charge on any atom is -0.493 e. The second-order valence-electron chi connectivity index (χ2n) is 10.6. The van der Waals surface area contributed by atoms with Crippen LogP contribution in [0, 0.1) is 5.92 Å². The van der Waals surface area contributed by atoms with E-state index in [4.69, 9.17) is 9.15 Å². The molecule has 4 aromatic rings. The molecule has 4 heterocycles. The molecule has 1 N–H and O–H groups in total. The molecular formula is C34H28N2O5. The van der Waals surface area contributed by atoms with Crippen molar-refractivity contribution in [1.82, 2.24) is 4.90 Å². The number of Topliss-reactive ketones (excluding diaryl/α,β-unsaturated/α-hetero) is 2. The maximum Gasteiger partial charge on any atom is 0.238 e. The number of anilines is 1. The Morgan fingerprint density at radius 3 is 2.56 bits per heavy atom. The van der Waals surface area contributed by atoms with Crippen LogP contribution in [0.1, 0.15) is 57.0 Å². The normalized spacial score (nSPS) is 23.6. The number of para-hydroxylation sites is 2. The first-order valence-corrected chi connectivity index (χ1v) is 13.9. The zero-order valence-electron chi connectivity index (χ0n) is 22.4. The first kappa shape index (κ1) is 25.1. The molecule has 41 heavy (non-hydrogen) atoms. The first-order valence-electron chi connectivity index (χ1n) is 13.9. The second-order valence-corrected chi connectivity index (χ2v) is 10.6. The van der Waals surface area contributed by atoms with Gasteiger partial charge in [-0.15, -0.1) is 0 Å². The Balaban J connectivity index is 1.51. The van der Waals surface area contributed by atoms with Crippen LogP contribution in [0.5, 0.6) is 5.75 Å². The number of benzene rings is 3. The molecule has 204 valence electrons. The lowest BCUT2D eigenvalue weighted by atomic mass is 9.63. The highest BCUT2D eigenvalue weighted by atomic mass is 16.5. The van der Waals surface area contributed by atoms with Crippen LogP contribution in [0.2, 0.25) is 0 Å². The van der Waals surface area contributed by atoms with E-state index in [1.807, 2.05) is 78.7 Å². The molecule has 7 rings (SSSR count). The van der Waals surface area contributed by atoms with Crippen molar-refractivity contribution in [3.63, 3.8) is 0 Å². The molecule has 0 bridgehead atoms. The highest BCUT2D eigenvalue weighted by Gasteiger charge is 2.71. The van der Waals surface area contributed by atoms with Crippen molar-refractivity contribution in [3.8, 4) is 5.75 Å². The number of ether oxygens (including phenoxy) is 1. The fraction of sp³-hybridized carbons (Fsp3) is 0.206. The van der Waals surface area contributed by atoms with Gasteiger partial charge in [-0.3, -0.25) is 14.4 Å². The first-order chi connectivity index (χ1) is 20.1. The monoisotopic (exact) mass is 544 g/mol. The number of ketones is 2. The molecule has 7 nitrogen and oxygen atoms in total. The van der Waals surface area contributed by atoms with Gasteiger partial charge in [-0.2, -0.15) is 0 Å². The van der Waals surface area contributed by atoms with E-state index in [9.17, 15) is 14.4 Å². The minimum absolute atomic E-state index is 0.108. The quantitative estimate of drug-likeness (QED) is 0.285. The van der Waals surface area contributed by atoms with Crippen molar-refractivity contribution in [3.05, 3.63) is 125 Å². The summed E-state index contributed by atoms with van der Waals surface area (Å²) in [4.78, 5) is 45.7. The summed E-state index contributed by atoms with van der Waals surface area (Å²) in [5.74, 6) is -1.52. The van der Waals surface area contributed by atoms with E-state index in [-0.39, 0.29) is 17.5 Å². The Hall–Kier alpha value is -4.91. The Morgan fingerprint density at radius 2 is 1.73 bits per heavy atom. The maximum absolute atomic E-state index is 14.8. The van der Waals surface area contributed by atoms with Crippen LogP contribution >= 0.6 is 0 Å². The van der Waals surface area contributed by atoms with E-state index in [1.54, 1.807) is 30.3 Å². The largest absolute Gasteiger partial charge is 0.493 e. The molecule has 7 heteroatoms. The topological polar surface area (TPSA) is 88.9 Å². The SMILES string of the molecule is CCCOc1ccccc1C(=O)[C@@H]1[C@@H](C(=O)c2ccco2)[C@@]2(C(=O)Nc3ccccc32)[C@H]2c3ccccc3C=CN12. The molecule has 1 fully saturated rings. The van der Waals surface area contributed by atoms with Gasteiger partial charge in [-0.25, -0.2) is 0 Å². The summed E-state index contributed by atoms with van der Waals surface area (Å²) >= 11 is 0. The molecule has 4 atom stereocenters. The Labute approximate surface area is 237 Å². The lowest BCUT2D eigenvalue weighted by Gasteiger charge is -2.38. The van der Waals surface area contributed by atoms with Gasteiger partial charge in [0.25, 0.3) is 0 Å². The summed E-state index contributed by atoms with van der Waals surface area (Å²) in [5, 5.41) is 3.05. The second kappa shape index (κ2) is 9.63. The van der Waals surface area contributed by atoms with E-state index in [0.29, 0.717) is 29.2 Å². The number of hydrogen-bond donors (Lipinski definition) is 1. The molecule has 3 aliphatic rings. The predicted molar refractivity (Wildman–Crippen MR) is 154 cm³/mol. The fourth-order valence-electron chi connectivity index (χ4n) is 6.91. The molecule has 1 spiro atoms. The number of hydrogen-bond acceptors (Lipinski definition) is 6. The van der Waals surface area contributed by atoms with Crippen LogP contribution in [-0.4, -0.2) is 35.0 Å². The van der Waals surface area contributed by atoms with Crippen LogP contribution < -0.4 is 10.1 Å². The van der Waals surface area contributed by atoms with E-state index in [2.05, 4.69) is 5.32 Å². The van der Waals surface area contributed by atoms with Crippen LogP contribution in [0.15, 0.2) is 102 Å². The van der Waals surface area contributed by atoms with Gasteiger partial charge in [0.2, 0.25) is 11.7 Å². The number of carbonyl (C=O) groups excluding carboxylic acids is 3. The third-order valence-electron chi connectivity index (χ3n) is 8.50. The number of carbonyl (C=O) groups is 3. The average molecular weight is 545 g/mol. The van der Waals surface area contributed by atoms with Crippen LogP contribution in [-0.2, 0) is 10.2 Å². The summed E-state index contributed by atoms with van der Waals surface area (Å²) in [6.45, 7) is 2.45. The Bertz CT molecular complexity index is 1710. The number of furan rings is 1. The molecule has 0 saturated carbocycles. The Kier molecular flexibility index (Phi) is 5.89. The standard InChI is InChI=1S/C34H28N2O5/c1-2-19-40-26-15-8-5-12-23(26)30(37)29-28(31(38)27-16-9-20-41-27)34(24-13-6-7-14-25(24)35-33(34)39)32-22-11-4-3-10-21(22)17-18-36(29)32/h3-18,20,28-29,32H,2,19H2,1H3,(H,35,39)/t28-,29-,32+,34+/m0/s1. The fourth-order valence-corrected chi connectivity index (χ4v) is 6.91. The molecule has 0 aliphatic carbocycles. The van der Waals surface area contributed by atoms with E-state index < -0.39 is 29.2 Å². The van der Waals surface area contributed by atoms with Crippen LogP contribution in [0.4, 0.5) is 5.69 Å². The highest BCUT2D eigenvalue weighted by molar-refractivity contribution is 6.16. The van der Waals surface area contributed by atoms with Crippen molar-refractivity contribution in [1.29, 1.82) is 0 Å². The van der Waals surface area contributed by atoms with Crippen LogP contribution in [0.3, 0.4) is 0 Å². The molecule has 3 aromatic carbocycles. The van der Waals surface area contributed by atoms with Gasteiger partial charge in [0, 0.05) is 11.9 Å². The van der Waals surface area contributed by atoms with Gasteiger partial charge in [-0.1, -0.05) is 61.5 Å². The number of nitrogens with zero attached hydrogens (tertiary/aromatic N) is 1. The van der Waals surface area contributed by atoms with Crippen molar-refractivity contribution >= 4 is 29.2 Å². The van der Waals surface area contributed by atoms with Crippen molar-refractivity contribution < 1.29 is 23.5 Å². The highest BCUT2D eigenvalue weighted by Crippen LogP contribution is 2.62. The molecule has 1 amide bonds. The number of fused-ring (bicyclic) bond motifs is 6. The van der Waals surface area contributed by atoms with Gasteiger partial charge in [0.05, 0.1) is 30.4 Å². The maximum atomic E-state index is 14.8. The van der Waals surface area contributed by atoms with Crippen LogP contribution in [0.25, 0.3) is 6.08 Å². The van der Waals surface area contributed by atoms with Gasteiger partial charge in [0.15, 0.2) is 11.5 Å². The molecular weight excluding hydrogens is 516 g/mol. The van der Waals surface area contributed by atoms with E-state index >= 15 is 0 Å². The van der Waals surface area contributed by atoms with Crippen molar-refractivity contribution in [2.45, 2.75) is 30.8 Å².